The van der Waals surface area contributed by atoms with Crippen LogP contribution in [0.4, 0.5) is 0 Å². The second kappa shape index (κ2) is 13.0. The summed E-state index contributed by atoms with van der Waals surface area (Å²) in [5.74, 6) is -2.58. The highest BCUT2D eigenvalue weighted by Gasteiger charge is 2.24. The summed E-state index contributed by atoms with van der Waals surface area (Å²) in [6.45, 7) is 3.75. The van der Waals surface area contributed by atoms with E-state index in [9.17, 15) is 19.2 Å². The van der Waals surface area contributed by atoms with Gasteiger partial charge >= 0.3 is 17.9 Å². The van der Waals surface area contributed by atoms with Crippen LogP contribution in [-0.2, 0) is 19.3 Å². The first-order chi connectivity index (χ1) is 15.5. The molecule has 2 aromatic carbocycles. The molecule has 0 saturated carbocycles. The third-order valence-electron chi connectivity index (χ3n) is 4.76. The molecule has 0 aliphatic rings. The summed E-state index contributed by atoms with van der Waals surface area (Å²) in [5, 5.41) is 0. The molecule has 7 nitrogen and oxygen atoms in total. The number of rotatable bonds is 11. The number of hydrogen-bond acceptors (Lipinski definition) is 7. The maximum Gasteiger partial charge on any atom is 0.386 e. The molecule has 0 spiro atoms. The minimum Gasteiger partial charge on any atom is -0.454 e. The Morgan fingerprint density at radius 1 is 0.750 bits per heavy atom. The van der Waals surface area contributed by atoms with Crippen LogP contribution in [0.5, 0.6) is 0 Å². The van der Waals surface area contributed by atoms with Gasteiger partial charge in [0.15, 0.2) is 6.10 Å². The van der Waals surface area contributed by atoms with Crippen LogP contribution in [0, 0.1) is 0 Å². The normalized spacial score (nSPS) is 11.3. The van der Waals surface area contributed by atoms with Gasteiger partial charge in [-0.15, -0.1) is 0 Å². The zero-order chi connectivity index (χ0) is 23.3. The van der Waals surface area contributed by atoms with Gasteiger partial charge in [0, 0.05) is 12.0 Å². The number of ketones is 1. The summed E-state index contributed by atoms with van der Waals surface area (Å²) in [6, 6.07) is 13.9. The number of hydrogen-bond donors (Lipinski definition) is 0. The summed E-state index contributed by atoms with van der Waals surface area (Å²) in [6.07, 6.45) is 3.42. The van der Waals surface area contributed by atoms with Crippen molar-refractivity contribution >= 4 is 23.7 Å². The van der Waals surface area contributed by atoms with Gasteiger partial charge in [-0.2, -0.15) is 0 Å². The molecule has 0 aromatic heterocycles. The number of benzene rings is 2. The third kappa shape index (κ3) is 7.65. The van der Waals surface area contributed by atoms with Crippen molar-refractivity contribution in [2.75, 3.05) is 0 Å². The van der Waals surface area contributed by atoms with E-state index < -0.39 is 24.0 Å². The van der Waals surface area contributed by atoms with Gasteiger partial charge in [0.25, 0.3) is 0 Å². The lowest BCUT2D eigenvalue weighted by molar-refractivity contribution is -0.187. The van der Waals surface area contributed by atoms with Crippen LogP contribution in [0.15, 0.2) is 54.6 Å². The highest BCUT2D eigenvalue weighted by atomic mass is 17.2. The fourth-order valence-corrected chi connectivity index (χ4v) is 2.97. The van der Waals surface area contributed by atoms with E-state index in [-0.39, 0.29) is 28.9 Å². The lowest BCUT2D eigenvalue weighted by atomic mass is 9.99. The predicted molar refractivity (Wildman–Crippen MR) is 117 cm³/mol. The summed E-state index contributed by atoms with van der Waals surface area (Å²) in [7, 11) is 0. The summed E-state index contributed by atoms with van der Waals surface area (Å²) >= 11 is 0. The molecule has 7 heteroatoms. The van der Waals surface area contributed by atoms with Crippen LogP contribution in [-0.4, -0.2) is 29.8 Å². The van der Waals surface area contributed by atoms with Crippen molar-refractivity contribution in [2.24, 2.45) is 0 Å². The van der Waals surface area contributed by atoms with Crippen LogP contribution in [0.2, 0.25) is 0 Å². The van der Waals surface area contributed by atoms with Gasteiger partial charge in [0.05, 0.1) is 11.1 Å². The number of carbonyl (C=O) groups excluding carboxylic acids is 4. The molecule has 0 saturated heterocycles. The Kier molecular flexibility index (Phi) is 10.1. The maximum absolute atomic E-state index is 13.0. The largest absolute Gasteiger partial charge is 0.454 e. The SMILES string of the molecule is CCCCCCC(OC(=O)CC)C(=O)c1cccc(C(=O)OOC(=O)c2ccccc2)c1. The molecule has 32 heavy (non-hydrogen) atoms. The van der Waals surface area contributed by atoms with Gasteiger partial charge in [-0.05, 0) is 37.1 Å². The molecule has 2 rings (SSSR count). The summed E-state index contributed by atoms with van der Waals surface area (Å²) in [4.78, 5) is 58.2. The van der Waals surface area contributed by atoms with Crippen LogP contribution in [0.25, 0.3) is 0 Å². The highest BCUT2D eigenvalue weighted by Crippen LogP contribution is 2.17. The average Bonchev–Trinajstić information content (AvgIpc) is 2.84. The van der Waals surface area contributed by atoms with Crippen LogP contribution < -0.4 is 0 Å². The topological polar surface area (TPSA) is 96.0 Å². The van der Waals surface area contributed by atoms with Crippen LogP contribution in [0.1, 0.15) is 83.4 Å². The molecule has 1 unspecified atom stereocenters. The van der Waals surface area contributed by atoms with Crippen molar-refractivity contribution < 1.29 is 33.7 Å². The van der Waals surface area contributed by atoms with Crippen molar-refractivity contribution in [1.82, 2.24) is 0 Å². The lowest BCUT2D eigenvalue weighted by Gasteiger charge is -2.17. The molecule has 1 atom stereocenters. The maximum atomic E-state index is 13.0. The van der Waals surface area contributed by atoms with Gasteiger partial charge in [-0.3, -0.25) is 9.59 Å². The Morgan fingerprint density at radius 3 is 2.03 bits per heavy atom. The quantitative estimate of drug-likeness (QED) is 0.158. The monoisotopic (exact) mass is 440 g/mol. The predicted octanol–water partition coefficient (Wildman–Crippen LogP) is 5.09. The molecule has 170 valence electrons. The molecule has 0 aliphatic heterocycles. The number of carbonyl (C=O) groups is 4. The molecule has 0 amide bonds. The van der Waals surface area contributed by atoms with Gasteiger partial charge in [-0.1, -0.05) is 63.4 Å². The van der Waals surface area contributed by atoms with Crippen molar-refractivity contribution in [3.8, 4) is 0 Å². The third-order valence-corrected chi connectivity index (χ3v) is 4.76. The van der Waals surface area contributed by atoms with Crippen LogP contribution in [0.3, 0.4) is 0 Å². The van der Waals surface area contributed by atoms with Crippen molar-refractivity contribution in [2.45, 2.75) is 58.5 Å². The first-order valence-corrected chi connectivity index (χ1v) is 10.8. The Balaban J connectivity index is 2.05. The van der Waals surface area contributed by atoms with E-state index in [0.29, 0.717) is 6.42 Å². The van der Waals surface area contributed by atoms with Gasteiger partial charge in [0.2, 0.25) is 5.78 Å². The van der Waals surface area contributed by atoms with Crippen molar-refractivity contribution in [3.05, 3.63) is 71.3 Å². The van der Waals surface area contributed by atoms with Gasteiger partial charge in [0.1, 0.15) is 0 Å². The zero-order valence-corrected chi connectivity index (χ0v) is 18.4. The van der Waals surface area contributed by atoms with E-state index in [0.717, 1.165) is 25.7 Å². The molecular weight excluding hydrogens is 412 g/mol. The second-order valence-corrected chi connectivity index (χ2v) is 7.23. The molecule has 2 aromatic rings. The lowest BCUT2D eigenvalue weighted by Crippen LogP contribution is -2.27. The van der Waals surface area contributed by atoms with Crippen LogP contribution >= 0.6 is 0 Å². The molecule has 0 fully saturated rings. The average molecular weight is 440 g/mol. The Hall–Kier alpha value is -3.48. The molecular formula is C25H28O7. The van der Waals surface area contributed by atoms with E-state index in [1.807, 2.05) is 0 Å². The molecule has 0 N–H and O–H groups in total. The van der Waals surface area contributed by atoms with E-state index in [1.165, 1.54) is 36.4 Å². The van der Waals surface area contributed by atoms with E-state index in [4.69, 9.17) is 4.74 Å². The van der Waals surface area contributed by atoms with Crippen molar-refractivity contribution in [1.29, 1.82) is 0 Å². The Labute approximate surface area is 187 Å². The number of unbranched alkanes of at least 4 members (excludes halogenated alkanes) is 3. The fraction of sp³-hybridized carbons (Fsp3) is 0.360. The van der Waals surface area contributed by atoms with E-state index in [2.05, 4.69) is 16.7 Å². The highest BCUT2D eigenvalue weighted by molar-refractivity contribution is 6.02. The molecule has 0 radical (unpaired) electrons. The smallest absolute Gasteiger partial charge is 0.386 e. The van der Waals surface area contributed by atoms with E-state index >= 15 is 0 Å². The molecule has 0 heterocycles. The summed E-state index contributed by atoms with van der Waals surface area (Å²) in [5.41, 5.74) is 0.467. The minimum absolute atomic E-state index is 0.0308. The Morgan fingerprint density at radius 2 is 1.38 bits per heavy atom. The zero-order valence-electron chi connectivity index (χ0n) is 18.4. The number of Topliss-reactive ketones (excluding diaryl/α,β-unsaturated/α-hetero) is 1. The number of ether oxygens (including phenoxy) is 1. The first kappa shape index (κ1) is 24.8. The molecule has 0 aliphatic carbocycles. The fourth-order valence-electron chi connectivity index (χ4n) is 2.97. The minimum atomic E-state index is -0.922. The summed E-state index contributed by atoms with van der Waals surface area (Å²) < 4.78 is 5.35. The standard InChI is InChI=1S/C25H28O7/c1-3-5-6-10-16-21(30-22(26)4-2)23(27)19-14-11-15-20(17-19)25(29)32-31-24(28)18-12-8-7-9-13-18/h7-9,11-15,17,21H,3-6,10,16H2,1-2H3. The second-order valence-electron chi connectivity index (χ2n) is 7.23. The molecule has 0 bridgehead atoms. The van der Waals surface area contributed by atoms with Gasteiger partial charge in [-0.25, -0.2) is 19.4 Å². The Bertz CT molecular complexity index is 921. The van der Waals surface area contributed by atoms with Gasteiger partial charge < -0.3 is 4.74 Å². The van der Waals surface area contributed by atoms with E-state index in [1.54, 1.807) is 25.1 Å². The first-order valence-electron chi connectivity index (χ1n) is 10.8. The van der Waals surface area contributed by atoms with Crippen molar-refractivity contribution in [3.63, 3.8) is 0 Å². The number of esters is 1.